The summed E-state index contributed by atoms with van der Waals surface area (Å²) in [7, 11) is 0. The summed E-state index contributed by atoms with van der Waals surface area (Å²) >= 11 is 0. The van der Waals surface area contributed by atoms with Gasteiger partial charge in [0.15, 0.2) is 0 Å². The molecule has 29 heavy (non-hydrogen) atoms. The van der Waals surface area contributed by atoms with E-state index in [9.17, 15) is 22.8 Å². The van der Waals surface area contributed by atoms with Crippen molar-refractivity contribution in [2.75, 3.05) is 11.9 Å². The highest BCUT2D eigenvalue weighted by atomic mass is 19.4. The van der Waals surface area contributed by atoms with Crippen molar-refractivity contribution in [1.29, 1.82) is 0 Å². The predicted molar refractivity (Wildman–Crippen MR) is 103 cm³/mol. The van der Waals surface area contributed by atoms with E-state index in [1.54, 1.807) is 18.2 Å². The van der Waals surface area contributed by atoms with E-state index < -0.39 is 17.6 Å². The van der Waals surface area contributed by atoms with Crippen LogP contribution >= 0.6 is 0 Å². The molecule has 1 aliphatic rings. The molecule has 0 aromatic heterocycles. The molecule has 5 nitrogen and oxygen atoms in total. The molecular weight excluding hydrogens is 383 g/mol. The molecule has 0 heterocycles. The van der Waals surface area contributed by atoms with Gasteiger partial charge < -0.3 is 11.1 Å². The lowest BCUT2D eigenvalue weighted by atomic mass is 10.1. The summed E-state index contributed by atoms with van der Waals surface area (Å²) < 4.78 is 39.7. The molecule has 1 fully saturated rings. The van der Waals surface area contributed by atoms with E-state index in [0.717, 1.165) is 18.9 Å². The number of nitrogens with two attached hydrogens (primary N) is 1. The molecule has 8 heteroatoms. The van der Waals surface area contributed by atoms with Gasteiger partial charge in [-0.25, -0.2) is 0 Å². The lowest BCUT2D eigenvalue weighted by molar-refractivity contribution is -0.138. The maximum absolute atomic E-state index is 13.2. The molecule has 1 aliphatic carbocycles. The molecule has 1 saturated carbocycles. The van der Waals surface area contributed by atoms with Crippen molar-refractivity contribution in [3.8, 4) is 0 Å². The van der Waals surface area contributed by atoms with Crippen molar-refractivity contribution in [3.05, 3.63) is 65.2 Å². The zero-order chi connectivity index (χ0) is 21.0. The fraction of sp³-hybridized carbons (Fsp3) is 0.333. The third kappa shape index (κ3) is 5.80. The summed E-state index contributed by atoms with van der Waals surface area (Å²) in [5.41, 5.74) is 5.63. The fourth-order valence-electron chi connectivity index (χ4n) is 3.17. The zero-order valence-electron chi connectivity index (χ0n) is 15.7. The highest BCUT2D eigenvalue weighted by molar-refractivity contribution is 5.94. The Balaban J connectivity index is 1.59. The first-order chi connectivity index (χ1) is 13.7. The maximum Gasteiger partial charge on any atom is 0.416 e. The van der Waals surface area contributed by atoms with Crippen LogP contribution in [0.2, 0.25) is 0 Å². The lowest BCUT2D eigenvalue weighted by Crippen LogP contribution is -2.30. The van der Waals surface area contributed by atoms with Gasteiger partial charge >= 0.3 is 6.18 Å². The van der Waals surface area contributed by atoms with Crippen molar-refractivity contribution >= 4 is 17.5 Å². The number of carbonyl (C=O) groups excluding carboxylic acids is 2. The Morgan fingerprint density at radius 2 is 1.72 bits per heavy atom. The second-order valence-electron chi connectivity index (χ2n) is 7.10. The van der Waals surface area contributed by atoms with Crippen LogP contribution in [0.1, 0.15) is 40.7 Å². The van der Waals surface area contributed by atoms with Gasteiger partial charge in [0.2, 0.25) is 11.8 Å². The largest absolute Gasteiger partial charge is 0.416 e. The Morgan fingerprint density at radius 1 is 1.07 bits per heavy atom. The minimum atomic E-state index is -4.40. The number of halogens is 3. The number of primary amides is 1. The first-order valence-electron chi connectivity index (χ1n) is 9.33. The van der Waals surface area contributed by atoms with E-state index in [1.807, 2.05) is 4.90 Å². The quantitative estimate of drug-likeness (QED) is 0.702. The fourth-order valence-corrected chi connectivity index (χ4v) is 3.17. The number of amides is 2. The summed E-state index contributed by atoms with van der Waals surface area (Å²) in [6, 6.07) is 11.9. The Kier molecular flexibility index (Phi) is 6.22. The summed E-state index contributed by atoms with van der Waals surface area (Å²) in [4.78, 5) is 25.3. The molecule has 2 aromatic rings. The standard InChI is InChI=1S/C21H22F3N3O2/c22-21(23,24)18-4-2-1-3-15(18)13-27(17-9-10-17)12-11-19(28)26-16-7-5-14(6-8-16)20(25)29/h1-8,17H,9-13H2,(H2,25,29)(H,26,28). The molecule has 154 valence electrons. The molecule has 3 rings (SSSR count). The molecule has 0 unspecified atom stereocenters. The number of hydrogen-bond acceptors (Lipinski definition) is 3. The van der Waals surface area contributed by atoms with Gasteiger partial charge in [-0.2, -0.15) is 13.2 Å². The summed E-state index contributed by atoms with van der Waals surface area (Å²) in [6.07, 6.45) is -2.41. The highest BCUT2D eigenvalue weighted by Crippen LogP contribution is 2.34. The molecule has 0 bridgehead atoms. The van der Waals surface area contributed by atoms with Crippen LogP contribution in [0.3, 0.4) is 0 Å². The van der Waals surface area contributed by atoms with Crippen molar-refractivity contribution in [2.45, 2.75) is 38.0 Å². The maximum atomic E-state index is 13.2. The zero-order valence-corrected chi connectivity index (χ0v) is 15.7. The number of nitrogens with zero attached hydrogens (tertiary/aromatic N) is 1. The van der Waals surface area contributed by atoms with Gasteiger partial charge in [-0.3, -0.25) is 14.5 Å². The van der Waals surface area contributed by atoms with Crippen LogP contribution in [-0.4, -0.2) is 29.3 Å². The topological polar surface area (TPSA) is 75.4 Å². The Morgan fingerprint density at radius 3 is 2.31 bits per heavy atom. The number of anilines is 1. The number of carbonyl (C=O) groups is 2. The number of alkyl halides is 3. The Labute approximate surface area is 166 Å². The van der Waals surface area contributed by atoms with Gasteiger partial charge in [0.05, 0.1) is 5.56 Å². The Bertz CT molecular complexity index is 877. The average Bonchev–Trinajstić information content (AvgIpc) is 3.50. The summed E-state index contributed by atoms with van der Waals surface area (Å²) in [5, 5.41) is 2.72. The first-order valence-corrected chi connectivity index (χ1v) is 9.33. The van der Waals surface area contributed by atoms with Gasteiger partial charge in [-0.05, 0) is 48.7 Å². The summed E-state index contributed by atoms with van der Waals surface area (Å²) in [5.74, 6) is -0.798. The van der Waals surface area contributed by atoms with Crippen LogP contribution in [0.25, 0.3) is 0 Å². The van der Waals surface area contributed by atoms with E-state index in [1.165, 1.54) is 24.3 Å². The number of rotatable bonds is 8. The molecule has 0 atom stereocenters. The Hall–Kier alpha value is -2.87. The average molecular weight is 405 g/mol. The van der Waals surface area contributed by atoms with E-state index in [4.69, 9.17) is 5.73 Å². The smallest absolute Gasteiger partial charge is 0.366 e. The predicted octanol–water partition coefficient (Wildman–Crippen LogP) is 3.80. The van der Waals surface area contributed by atoms with Gasteiger partial charge in [0, 0.05) is 36.8 Å². The van der Waals surface area contributed by atoms with Crippen LogP contribution in [0, 0.1) is 0 Å². The molecule has 0 aliphatic heterocycles. The minimum Gasteiger partial charge on any atom is -0.366 e. The van der Waals surface area contributed by atoms with Gasteiger partial charge in [0.25, 0.3) is 0 Å². The van der Waals surface area contributed by atoms with Gasteiger partial charge in [-0.15, -0.1) is 0 Å². The van der Waals surface area contributed by atoms with E-state index in [-0.39, 0.29) is 30.5 Å². The van der Waals surface area contributed by atoms with Crippen molar-refractivity contribution in [3.63, 3.8) is 0 Å². The van der Waals surface area contributed by atoms with E-state index >= 15 is 0 Å². The second kappa shape index (κ2) is 8.65. The number of benzene rings is 2. The molecule has 3 N–H and O–H groups in total. The molecule has 2 amide bonds. The van der Waals surface area contributed by atoms with Crippen molar-refractivity contribution in [1.82, 2.24) is 4.90 Å². The molecule has 0 saturated heterocycles. The number of hydrogen-bond donors (Lipinski definition) is 2. The third-order valence-corrected chi connectivity index (χ3v) is 4.84. The monoisotopic (exact) mass is 405 g/mol. The number of nitrogens with one attached hydrogen (secondary N) is 1. The molecule has 0 spiro atoms. The summed E-state index contributed by atoms with van der Waals surface area (Å²) in [6.45, 7) is 0.517. The highest BCUT2D eigenvalue weighted by Gasteiger charge is 2.35. The van der Waals surface area contributed by atoms with Crippen LogP contribution in [0.4, 0.5) is 18.9 Å². The van der Waals surface area contributed by atoms with Crippen molar-refractivity contribution in [2.24, 2.45) is 5.73 Å². The normalized spacial score (nSPS) is 14.1. The SMILES string of the molecule is NC(=O)c1ccc(NC(=O)CCN(Cc2ccccc2C(F)(F)F)C2CC2)cc1. The van der Waals surface area contributed by atoms with E-state index in [2.05, 4.69) is 5.32 Å². The van der Waals surface area contributed by atoms with Gasteiger partial charge in [0.1, 0.15) is 0 Å². The minimum absolute atomic E-state index is 0.154. The van der Waals surface area contributed by atoms with Crippen LogP contribution < -0.4 is 11.1 Å². The lowest BCUT2D eigenvalue weighted by Gasteiger charge is -2.24. The van der Waals surface area contributed by atoms with E-state index in [0.29, 0.717) is 17.8 Å². The molecule has 2 aromatic carbocycles. The third-order valence-electron chi connectivity index (χ3n) is 4.84. The van der Waals surface area contributed by atoms with Crippen LogP contribution in [0.5, 0.6) is 0 Å². The first kappa shape index (κ1) is 20.9. The second-order valence-corrected chi connectivity index (χ2v) is 7.10. The molecular formula is C21H22F3N3O2. The molecule has 0 radical (unpaired) electrons. The van der Waals surface area contributed by atoms with Crippen LogP contribution in [0.15, 0.2) is 48.5 Å². The van der Waals surface area contributed by atoms with Crippen LogP contribution in [-0.2, 0) is 17.5 Å². The van der Waals surface area contributed by atoms with Crippen molar-refractivity contribution < 1.29 is 22.8 Å². The van der Waals surface area contributed by atoms with Gasteiger partial charge in [-0.1, -0.05) is 18.2 Å².